The van der Waals surface area contributed by atoms with E-state index < -0.39 is 20.5 Å². The molecule has 3 heterocycles. The maximum Gasteiger partial charge on any atom is 0.310 e. The van der Waals surface area contributed by atoms with E-state index in [9.17, 15) is 19.4 Å². The fraction of sp³-hybridized carbons (Fsp3) is 0.476. The molecule has 0 radical (unpaired) electrons. The maximum absolute atomic E-state index is 13.3. The summed E-state index contributed by atoms with van der Waals surface area (Å²) in [6, 6.07) is 3.79. The van der Waals surface area contributed by atoms with Crippen LogP contribution in [-0.2, 0) is 12.5 Å². The van der Waals surface area contributed by atoms with Gasteiger partial charge in [0.25, 0.3) is 0 Å². The van der Waals surface area contributed by atoms with Gasteiger partial charge in [-0.2, -0.15) is 0 Å². The quantitative estimate of drug-likeness (QED) is 0.200. The number of likely N-dealkylation sites (tertiary alicyclic amines) is 1. The van der Waals surface area contributed by atoms with Crippen molar-refractivity contribution in [1.29, 1.82) is 0 Å². The van der Waals surface area contributed by atoms with Crippen LogP contribution in [0.15, 0.2) is 45.1 Å². The molecule has 2 aliphatic rings. The van der Waals surface area contributed by atoms with E-state index >= 15 is 0 Å². The van der Waals surface area contributed by atoms with Gasteiger partial charge >= 0.3 is 10.2 Å². The molecule has 1 aromatic carbocycles. The van der Waals surface area contributed by atoms with Crippen LogP contribution in [0.2, 0.25) is 0 Å². The summed E-state index contributed by atoms with van der Waals surface area (Å²) in [5, 5.41) is 9.15. The van der Waals surface area contributed by atoms with Gasteiger partial charge in [0, 0.05) is 31.3 Å². The summed E-state index contributed by atoms with van der Waals surface area (Å²) in [4.78, 5) is 4.49. The summed E-state index contributed by atoms with van der Waals surface area (Å²) in [5.41, 5.74) is 0.661. The number of halogens is 5. The lowest BCUT2D eigenvalue weighted by Gasteiger charge is -2.41. The van der Waals surface area contributed by atoms with Gasteiger partial charge < -0.3 is 13.9 Å². The second-order valence-electron chi connectivity index (χ2n) is 9.12. The Labute approximate surface area is 197 Å². The second-order valence-corrected chi connectivity index (χ2v) is 12.6. The minimum Gasteiger partial charge on any atom is -0.440 e. The molecule has 0 spiro atoms. The highest BCUT2D eigenvalue weighted by atomic mass is 32.5. The molecule has 34 heavy (non-hydrogen) atoms. The lowest BCUT2D eigenvalue weighted by Crippen LogP contribution is -2.28. The Morgan fingerprint density at radius 2 is 2.00 bits per heavy atom. The van der Waals surface area contributed by atoms with Crippen molar-refractivity contribution >= 4 is 22.0 Å². The van der Waals surface area contributed by atoms with Crippen LogP contribution in [-0.4, -0.2) is 50.0 Å². The highest BCUT2D eigenvalue weighted by Crippen LogP contribution is 3.02. The van der Waals surface area contributed by atoms with Gasteiger partial charge in [-0.05, 0) is 49.9 Å². The zero-order valence-corrected chi connectivity index (χ0v) is 20.2. The number of oxazole rings is 1. The van der Waals surface area contributed by atoms with E-state index in [1.54, 1.807) is 17.8 Å². The summed E-state index contributed by atoms with van der Waals surface area (Å²) >= 11 is 1.56. The lowest BCUT2D eigenvalue weighted by molar-refractivity contribution is 0.299. The van der Waals surface area contributed by atoms with Gasteiger partial charge in [-0.25, -0.2) is 4.98 Å². The highest BCUT2D eigenvalue weighted by molar-refractivity contribution is 8.45. The van der Waals surface area contributed by atoms with E-state index in [0.29, 0.717) is 35.8 Å². The third kappa shape index (κ3) is 4.33. The van der Waals surface area contributed by atoms with E-state index in [1.807, 2.05) is 18.5 Å². The van der Waals surface area contributed by atoms with Crippen molar-refractivity contribution in [2.24, 2.45) is 13.0 Å². The van der Waals surface area contributed by atoms with Crippen molar-refractivity contribution in [3.63, 3.8) is 0 Å². The lowest BCUT2D eigenvalue weighted by atomic mass is 9.95. The molecule has 1 saturated carbocycles. The van der Waals surface area contributed by atoms with Crippen LogP contribution in [0.5, 0.6) is 0 Å². The average molecular weight is 522 g/mol. The number of rotatable bonds is 8. The minimum atomic E-state index is -9.68. The Balaban J connectivity index is 1.17. The number of hydrogen-bond donors (Lipinski definition) is 0. The first-order valence-corrected chi connectivity index (χ1v) is 13.7. The standard InChI is InChI=1S/C21H24F5N5OS2/c1-14-18(32-13-27-14)19-28-29-20(30(19)2)33-8-4-7-31-11-16-10-21(16,12-31)15-5-3-6-17(9-15)34(22,23,24,25)26/h3,5-6,9,13,16H,4,7-8,10-12H2,1-2H3/t16-,21?/m0/s1. The van der Waals surface area contributed by atoms with Crippen molar-refractivity contribution in [3.05, 3.63) is 41.9 Å². The molecule has 186 valence electrons. The Kier molecular flexibility index (Phi) is 5.00. The zero-order chi connectivity index (χ0) is 24.4. The Hall–Kier alpha value is -2.12. The highest BCUT2D eigenvalue weighted by Gasteiger charge is 2.66. The number of fused-ring (bicyclic) bond motifs is 1. The van der Waals surface area contributed by atoms with Gasteiger partial charge in [-0.3, -0.25) is 0 Å². The van der Waals surface area contributed by atoms with Crippen molar-refractivity contribution in [1.82, 2.24) is 24.6 Å². The van der Waals surface area contributed by atoms with E-state index in [0.717, 1.165) is 48.6 Å². The monoisotopic (exact) mass is 521 g/mol. The van der Waals surface area contributed by atoms with Crippen LogP contribution in [0.4, 0.5) is 19.4 Å². The maximum atomic E-state index is 13.3. The molecular weight excluding hydrogens is 497 g/mol. The molecule has 1 aliphatic carbocycles. The Bertz CT molecular complexity index is 1250. The van der Waals surface area contributed by atoms with Crippen molar-refractivity contribution in [3.8, 4) is 11.6 Å². The van der Waals surface area contributed by atoms with Gasteiger partial charge in [0.05, 0.1) is 5.69 Å². The SMILES string of the molecule is Cc1ncoc1-c1nnc(SCCCN2C[C@@H]3CC3(c3cccc(S(F)(F)(F)(F)F)c3)C2)n1C. The van der Waals surface area contributed by atoms with Crippen molar-refractivity contribution < 1.29 is 23.8 Å². The van der Waals surface area contributed by atoms with Gasteiger partial charge in [0.1, 0.15) is 4.90 Å². The van der Waals surface area contributed by atoms with Crippen LogP contribution < -0.4 is 0 Å². The third-order valence-electron chi connectivity index (χ3n) is 6.70. The third-order valence-corrected chi connectivity index (χ3v) is 8.96. The van der Waals surface area contributed by atoms with Crippen molar-refractivity contribution in [2.75, 3.05) is 25.4 Å². The molecular formula is C21H24F5N5OS2. The molecule has 3 aromatic rings. The van der Waals surface area contributed by atoms with E-state index in [1.165, 1.54) is 6.39 Å². The molecule has 0 N–H and O–H groups in total. The van der Waals surface area contributed by atoms with Crippen LogP contribution in [0.3, 0.4) is 0 Å². The molecule has 2 aromatic heterocycles. The first-order valence-electron chi connectivity index (χ1n) is 10.8. The number of hydrogen-bond acceptors (Lipinski definition) is 6. The molecule has 0 bridgehead atoms. The molecule has 13 heteroatoms. The van der Waals surface area contributed by atoms with Crippen LogP contribution in [0.25, 0.3) is 11.6 Å². The minimum absolute atomic E-state index is 0.209. The van der Waals surface area contributed by atoms with E-state index in [-0.39, 0.29) is 5.92 Å². The summed E-state index contributed by atoms with van der Waals surface area (Å²) in [5.74, 6) is 2.18. The predicted octanol–water partition coefficient (Wildman–Crippen LogP) is 6.19. The first kappa shape index (κ1) is 23.6. The van der Waals surface area contributed by atoms with Gasteiger partial charge in [0.15, 0.2) is 17.3 Å². The van der Waals surface area contributed by atoms with Gasteiger partial charge in [-0.15, -0.1) is 10.2 Å². The summed E-state index contributed by atoms with van der Waals surface area (Å²) in [6.45, 7) is 3.97. The largest absolute Gasteiger partial charge is 0.440 e. The summed E-state index contributed by atoms with van der Waals surface area (Å²) in [6.07, 6.45) is 2.96. The number of thioether (sulfide) groups is 1. The zero-order valence-electron chi connectivity index (χ0n) is 18.6. The number of nitrogens with zero attached hydrogens (tertiary/aromatic N) is 5. The first-order chi connectivity index (χ1) is 15.8. The number of aryl methyl sites for hydroxylation is 1. The number of aromatic nitrogens is 4. The van der Waals surface area contributed by atoms with Crippen LogP contribution >= 0.6 is 22.0 Å². The Morgan fingerprint density at radius 3 is 2.71 bits per heavy atom. The number of piperidine rings is 1. The average Bonchev–Trinajstić information content (AvgIpc) is 3.04. The molecule has 1 saturated heterocycles. The molecule has 6 nitrogen and oxygen atoms in total. The molecule has 1 unspecified atom stereocenters. The number of benzene rings is 1. The molecule has 5 rings (SSSR count). The topological polar surface area (TPSA) is 60.0 Å². The van der Waals surface area contributed by atoms with Crippen LogP contribution in [0, 0.1) is 12.8 Å². The van der Waals surface area contributed by atoms with E-state index in [2.05, 4.69) is 20.1 Å². The summed E-state index contributed by atoms with van der Waals surface area (Å²) < 4.78 is 73.6. The van der Waals surface area contributed by atoms with Crippen molar-refractivity contribution in [2.45, 2.75) is 35.2 Å². The van der Waals surface area contributed by atoms with Gasteiger partial charge in [-0.1, -0.05) is 43.3 Å². The Morgan fingerprint density at radius 1 is 1.21 bits per heavy atom. The molecule has 0 amide bonds. The summed E-state index contributed by atoms with van der Waals surface area (Å²) in [7, 11) is -7.82. The molecule has 2 fully saturated rings. The fourth-order valence-corrected chi connectivity index (χ4v) is 6.38. The van der Waals surface area contributed by atoms with E-state index in [4.69, 9.17) is 4.42 Å². The van der Waals surface area contributed by atoms with Crippen LogP contribution in [0.1, 0.15) is 24.1 Å². The molecule has 2 atom stereocenters. The second kappa shape index (κ2) is 7.20. The molecule has 1 aliphatic heterocycles. The fourth-order valence-electron chi connectivity index (χ4n) is 4.86. The normalized spacial score (nSPS) is 24.6. The van der Waals surface area contributed by atoms with Gasteiger partial charge in [0.2, 0.25) is 5.82 Å². The predicted molar refractivity (Wildman–Crippen MR) is 121 cm³/mol. The smallest absolute Gasteiger partial charge is 0.310 e.